The van der Waals surface area contributed by atoms with Crippen LogP contribution in [-0.4, -0.2) is 23.5 Å². The Kier molecular flexibility index (Phi) is 3.91. The quantitative estimate of drug-likeness (QED) is 0.421. The summed E-state index contributed by atoms with van der Waals surface area (Å²) in [5.41, 5.74) is 6.36. The van der Waals surface area contributed by atoms with Crippen LogP contribution in [0.1, 0.15) is 11.3 Å². The summed E-state index contributed by atoms with van der Waals surface area (Å²) >= 11 is 0. The van der Waals surface area contributed by atoms with Crippen molar-refractivity contribution in [2.75, 3.05) is 5.73 Å². The van der Waals surface area contributed by atoms with Gasteiger partial charge in [0.2, 0.25) is 10.0 Å². The molecule has 0 spiro atoms. The molecule has 0 radical (unpaired) electrons. The van der Waals surface area contributed by atoms with Crippen LogP contribution in [-0.2, 0) is 16.6 Å². The standard InChI is InChI=1S/C11H13N5O4S/c1-7-8(5-13-15-7)6-14-21(19,20)11-3-2-9(12)4-10(11)16(17)18/h2-5,14H,6,12H2,1H3,(H,13,15). The Morgan fingerprint density at radius 2 is 2.19 bits per heavy atom. The number of nitro groups is 1. The van der Waals surface area contributed by atoms with E-state index in [2.05, 4.69) is 14.9 Å². The van der Waals surface area contributed by atoms with Crippen LogP contribution in [0.2, 0.25) is 0 Å². The van der Waals surface area contributed by atoms with E-state index in [9.17, 15) is 18.5 Å². The van der Waals surface area contributed by atoms with Crippen LogP contribution in [0.3, 0.4) is 0 Å². The number of nitrogens with two attached hydrogens (primary N) is 1. The fraction of sp³-hybridized carbons (Fsp3) is 0.182. The Bertz CT molecular complexity index is 784. The van der Waals surface area contributed by atoms with Crippen molar-refractivity contribution in [3.8, 4) is 0 Å². The van der Waals surface area contributed by atoms with E-state index in [1.807, 2.05) is 0 Å². The molecule has 0 aliphatic heterocycles. The van der Waals surface area contributed by atoms with Gasteiger partial charge in [-0.15, -0.1) is 0 Å². The molecule has 0 aliphatic rings. The molecule has 21 heavy (non-hydrogen) atoms. The number of anilines is 1. The van der Waals surface area contributed by atoms with Gasteiger partial charge in [-0.05, 0) is 19.1 Å². The number of hydrogen-bond donors (Lipinski definition) is 3. The van der Waals surface area contributed by atoms with Gasteiger partial charge >= 0.3 is 0 Å². The van der Waals surface area contributed by atoms with E-state index in [0.717, 1.165) is 12.1 Å². The van der Waals surface area contributed by atoms with Gasteiger partial charge in [0.15, 0.2) is 4.90 Å². The molecule has 0 bridgehead atoms. The van der Waals surface area contributed by atoms with E-state index < -0.39 is 25.5 Å². The van der Waals surface area contributed by atoms with Crippen molar-refractivity contribution in [2.24, 2.45) is 0 Å². The fourth-order valence-electron chi connectivity index (χ4n) is 1.71. The Morgan fingerprint density at radius 1 is 1.48 bits per heavy atom. The summed E-state index contributed by atoms with van der Waals surface area (Å²) in [6.07, 6.45) is 1.48. The summed E-state index contributed by atoms with van der Waals surface area (Å²) in [5.74, 6) is 0. The molecule has 1 aromatic heterocycles. The molecule has 9 nitrogen and oxygen atoms in total. The third kappa shape index (κ3) is 3.17. The van der Waals surface area contributed by atoms with Crippen LogP contribution in [0.4, 0.5) is 11.4 Å². The maximum Gasteiger partial charge on any atom is 0.291 e. The summed E-state index contributed by atoms with van der Waals surface area (Å²) in [6, 6.07) is 3.42. The van der Waals surface area contributed by atoms with Gasteiger partial charge in [-0.25, -0.2) is 13.1 Å². The molecule has 112 valence electrons. The lowest BCUT2D eigenvalue weighted by atomic mass is 10.3. The third-order valence-electron chi connectivity index (χ3n) is 2.86. The molecule has 0 unspecified atom stereocenters. The molecule has 1 aromatic carbocycles. The SMILES string of the molecule is Cc1[nH]ncc1CNS(=O)(=O)c1ccc(N)cc1[N+](=O)[O-]. The maximum atomic E-state index is 12.2. The van der Waals surface area contributed by atoms with Crippen molar-refractivity contribution in [3.05, 3.63) is 45.8 Å². The van der Waals surface area contributed by atoms with E-state index >= 15 is 0 Å². The average molecular weight is 311 g/mol. The molecule has 0 aliphatic carbocycles. The molecule has 4 N–H and O–H groups in total. The van der Waals surface area contributed by atoms with Gasteiger partial charge in [-0.3, -0.25) is 15.2 Å². The zero-order valence-electron chi connectivity index (χ0n) is 11.0. The lowest BCUT2D eigenvalue weighted by molar-refractivity contribution is -0.387. The fourth-order valence-corrected chi connectivity index (χ4v) is 2.87. The van der Waals surface area contributed by atoms with Gasteiger partial charge in [0.05, 0.1) is 11.1 Å². The van der Waals surface area contributed by atoms with Crippen molar-refractivity contribution < 1.29 is 13.3 Å². The number of nitro benzene ring substituents is 1. The predicted octanol–water partition coefficient (Wildman–Crippen LogP) is 0.687. The molecule has 0 amide bonds. The maximum absolute atomic E-state index is 12.2. The van der Waals surface area contributed by atoms with Crippen LogP contribution in [0.15, 0.2) is 29.3 Å². The molecular weight excluding hydrogens is 298 g/mol. The highest BCUT2D eigenvalue weighted by molar-refractivity contribution is 7.89. The van der Waals surface area contributed by atoms with Crippen LogP contribution in [0.25, 0.3) is 0 Å². The van der Waals surface area contributed by atoms with Crippen molar-refractivity contribution >= 4 is 21.4 Å². The summed E-state index contributed by atoms with van der Waals surface area (Å²) < 4.78 is 26.7. The number of rotatable bonds is 5. The Balaban J connectivity index is 2.32. The summed E-state index contributed by atoms with van der Waals surface area (Å²) in [6.45, 7) is 1.72. The number of aryl methyl sites for hydroxylation is 1. The number of hydrogen-bond acceptors (Lipinski definition) is 6. The molecule has 10 heteroatoms. The van der Waals surface area contributed by atoms with Crippen molar-refractivity contribution in [1.29, 1.82) is 0 Å². The first-order chi connectivity index (χ1) is 9.81. The number of benzene rings is 1. The lowest BCUT2D eigenvalue weighted by Gasteiger charge is -2.07. The Hall–Kier alpha value is -2.46. The van der Waals surface area contributed by atoms with E-state index in [-0.39, 0.29) is 12.2 Å². The molecule has 0 fully saturated rings. The Labute approximate surface area is 120 Å². The monoisotopic (exact) mass is 311 g/mol. The molecule has 0 saturated carbocycles. The first-order valence-electron chi connectivity index (χ1n) is 5.83. The zero-order valence-corrected chi connectivity index (χ0v) is 11.8. The van der Waals surface area contributed by atoms with Crippen LogP contribution >= 0.6 is 0 Å². The molecule has 0 saturated heterocycles. The minimum absolute atomic E-state index is 0.0216. The number of aromatic amines is 1. The highest BCUT2D eigenvalue weighted by Crippen LogP contribution is 2.26. The van der Waals surface area contributed by atoms with Gasteiger partial charge in [0, 0.05) is 29.6 Å². The van der Waals surface area contributed by atoms with Crippen molar-refractivity contribution in [3.63, 3.8) is 0 Å². The number of sulfonamides is 1. The second-order valence-corrected chi connectivity index (χ2v) is 6.06. The summed E-state index contributed by atoms with van der Waals surface area (Å²) in [4.78, 5) is 9.74. The number of nitrogen functional groups attached to an aromatic ring is 1. The van der Waals surface area contributed by atoms with Crippen LogP contribution in [0, 0.1) is 17.0 Å². The number of nitrogens with zero attached hydrogens (tertiary/aromatic N) is 2. The second kappa shape index (κ2) is 5.50. The summed E-state index contributed by atoms with van der Waals surface area (Å²) in [7, 11) is -4.03. The van der Waals surface area contributed by atoms with Gasteiger partial charge in [0.25, 0.3) is 5.69 Å². The molecule has 2 rings (SSSR count). The third-order valence-corrected chi connectivity index (χ3v) is 4.30. The molecule has 0 atom stereocenters. The minimum Gasteiger partial charge on any atom is -0.399 e. The lowest BCUT2D eigenvalue weighted by Crippen LogP contribution is -2.24. The van der Waals surface area contributed by atoms with E-state index in [0.29, 0.717) is 11.3 Å². The molecular formula is C11H13N5O4S. The van der Waals surface area contributed by atoms with Gasteiger partial charge in [-0.1, -0.05) is 0 Å². The first-order valence-corrected chi connectivity index (χ1v) is 7.32. The predicted molar refractivity (Wildman–Crippen MR) is 74.9 cm³/mol. The molecule has 1 heterocycles. The second-order valence-electron chi connectivity index (χ2n) is 4.33. The van der Waals surface area contributed by atoms with Crippen molar-refractivity contribution in [1.82, 2.24) is 14.9 Å². The molecule has 2 aromatic rings. The highest BCUT2D eigenvalue weighted by Gasteiger charge is 2.25. The minimum atomic E-state index is -4.03. The number of aromatic nitrogens is 2. The number of nitrogens with one attached hydrogen (secondary N) is 2. The number of H-pyrrole nitrogens is 1. The normalized spacial score (nSPS) is 11.5. The average Bonchev–Trinajstić information content (AvgIpc) is 2.81. The first kappa shape index (κ1) is 14.9. The Morgan fingerprint density at radius 3 is 2.76 bits per heavy atom. The smallest absolute Gasteiger partial charge is 0.291 e. The highest BCUT2D eigenvalue weighted by atomic mass is 32.2. The van der Waals surface area contributed by atoms with Gasteiger partial charge < -0.3 is 5.73 Å². The van der Waals surface area contributed by atoms with E-state index in [1.165, 1.54) is 12.3 Å². The van der Waals surface area contributed by atoms with Crippen molar-refractivity contribution in [2.45, 2.75) is 18.4 Å². The largest absolute Gasteiger partial charge is 0.399 e. The zero-order chi connectivity index (χ0) is 15.6. The van der Waals surface area contributed by atoms with Gasteiger partial charge in [-0.2, -0.15) is 5.10 Å². The van der Waals surface area contributed by atoms with E-state index in [1.54, 1.807) is 6.92 Å². The van der Waals surface area contributed by atoms with Crippen LogP contribution in [0.5, 0.6) is 0 Å². The summed E-state index contributed by atoms with van der Waals surface area (Å²) in [5, 5.41) is 17.4. The van der Waals surface area contributed by atoms with Gasteiger partial charge in [0.1, 0.15) is 0 Å². The topological polar surface area (TPSA) is 144 Å². The van der Waals surface area contributed by atoms with Crippen LogP contribution < -0.4 is 10.5 Å². The van der Waals surface area contributed by atoms with E-state index in [4.69, 9.17) is 5.73 Å².